The van der Waals surface area contributed by atoms with Gasteiger partial charge in [0.2, 0.25) is 0 Å². The zero-order chi connectivity index (χ0) is 11.5. The van der Waals surface area contributed by atoms with Crippen LogP contribution in [-0.4, -0.2) is 20.8 Å². The number of nitriles is 1. The number of hydrogen-bond donors (Lipinski definition) is 0. The normalized spacial score (nSPS) is 28.3. The Bertz CT molecular complexity index is 400. The van der Waals surface area contributed by atoms with Crippen molar-refractivity contribution in [2.75, 3.05) is 0 Å². The van der Waals surface area contributed by atoms with Crippen LogP contribution in [0, 0.1) is 30.9 Å². The van der Waals surface area contributed by atoms with Crippen molar-refractivity contribution in [2.45, 2.75) is 10.9 Å². The van der Waals surface area contributed by atoms with Crippen LogP contribution in [0.3, 0.4) is 0 Å². The molecule has 8 heteroatoms. The fraction of sp³-hybridized carbons (Fsp3) is 0.286. The molecule has 0 bridgehead atoms. The summed E-state index contributed by atoms with van der Waals surface area (Å²) < 4.78 is 0. The molecule has 0 aromatic heterocycles. The van der Waals surface area contributed by atoms with Gasteiger partial charge in [-0.05, 0) is 6.08 Å². The van der Waals surface area contributed by atoms with Gasteiger partial charge in [-0.2, -0.15) is 5.26 Å². The smallest absolute Gasteiger partial charge is 0.264 e. The molecule has 0 fully saturated rings. The maximum Gasteiger partial charge on any atom is 0.368 e. The molecule has 78 valence electrons. The van der Waals surface area contributed by atoms with Crippen LogP contribution in [-0.2, 0) is 0 Å². The van der Waals surface area contributed by atoms with Gasteiger partial charge in [-0.1, -0.05) is 12.2 Å². The van der Waals surface area contributed by atoms with Gasteiger partial charge in [0, 0.05) is 22.8 Å². The third-order valence-corrected chi connectivity index (χ3v) is 2.83. The fourth-order valence-corrected chi connectivity index (χ4v) is 1.85. The van der Waals surface area contributed by atoms with E-state index in [9.17, 15) is 20.2 Å². The second-order valence-electron chi connectivity index (χ2n) is 2.68. The molecule has 0 aromatic rings. The number of nitrogens with zero attached hydrogens (tertiary/aromatic N) is 3. The molecule has 15 heavy (non-hydrogen) atoms. The third kappa shape index (κ3) is 1.82. The van der Waals surface area contributed by atoms with E-state index in [0.717, 1.165) is 12.2 Å². The van der Waals surface area contributed by atoms with E-state index in [1.807, 2.05) is 0 Å². The molecule has 1 rings (SSSR count). The fourth-order valence-electron chi connectivity index (χ4n) is 1.19. The molecule has 0 N–H and O–H groups in total. The summed E-state index contributed by atoms with van der Waals surface area (Å²) in [6.07, 6.45) is 4.85. The van der Waals surface area contributed by atoms with E-state index >= 15 is 0 Å². The van der Waals surface area contributed by atoms with Crippen LogP contribution >= 0.6 is 11.8 Å². The predicted octanol–water partition coefficient (Wildman–Crippen LogP) is 0.945. The van der Waals surface area contributed by atoms with Gasteiger partial charge in [-0.25, -0.2) is 0 Å². The molecule has 0 spiro atoms. The predicted molar refractivity (Wildman–Crippen MR) is 52.0 cm³/mol. The first-order chi connectivity index (χ1) is 7.04. The first-order valence-corrected chi connectivity index (χ1v) is 4.57. The van der Waals surface area contributed by atoms with Gasteiger partial charge >= 0.3 is 10.9 Å². The average molecular weight is 227 g/mol. The molecule has 0 saturated carbocycles. The van der Waals surface area contributed by atoms with Crippen molar-refractivity contribution in [1.82, 2.24) is 0 Å². The van der Waals surface area contributed by atoms with Crippen LogP contribution in [0.4, 0.5) is 0 Å². The van der Waals surface area contributed by atoms with Crippen molar-refractivity contribution in [2.24, 2.45) is 0 Å². The first kappa shape index (κ1) is 11.2. The quantitative estimate of drug-likeness (QED) is 0.307. The first-order valence-electron chi connectivity index (χ1n) is 3.75. The summed E-state index contributed by atoms with van der Waals surface area (Å²) in [5.74, 6) is 0. The summed E-state index contributed by atoms with van der Waals surface area (Å²) in [5, 5.41) is 31.5. The van der Waals surface area contributed by atoms with Crippen LogP contribution in [0.25, 0.3) is 0 Å². The lowest BCUT2D eigenvalue weighted by Crippen LogP contribution is -2.48. The van der Waals surface area contributed by atoms with Crippen molar-refractivity contribution >= 4 is 11.8 Å². The van der Waals surface area contributed by atoms with E-state index < -0.39 is 20.8 Å². The molecule has 1 aliphatic carbocycles. The summed E-state index contributed by atoms with van der Waals surface area (Å²) in [6.45, 7) is 0. The maximum atomic E-state index is 10.8. The molecule has 2 unspecified atom stereocenters. The standard InChI is InChI=1S/C7H5N3O4S/c8-5-15-7(10(13)14)4-2-1-3-6(7)9(11)12/h1-4,6H. The molecule has 0 heterocycles. The van der Waals surface area contributed by atoms with Crippen molar-refractivity contribution in [1.29, 1.82) is 5.26 Å². The SMILES string of the molecule is N#CSC1([N+](=O)[O-])C=CC=CC1[N+](=O)[O-]. The molecular weight excluding hydrogens is 222 g/mol. The number of rotatable bonds is 3. The van der Waals surface area contributed by atoms with Gasteiger partial charge in [0.15, 0.2) is 0 Å². The van der Waals surface area contributed by atoms with Crippen molar-refractivity contribution in [3.63, 3.8) is 0 Å². The number of thioether (sulfide) groups is 1. The summed E-state index contributed by atoms with van der Waals surface area (Å²) >= 11 is 0.271. The van der Waals surface area contributed by atoms with Gasteiger partial charge in [0.1, 0.15) is 5.40 Å². The molecular formula is C7H5N3O4S. The number of nitro groups is 2. The zero-order valence-corrected chi connectivity index (χ0v) is 8.09. The Morgan fingerprint density at radius 3 is 2.53 bits per heavy atom. The molecule has 0 radical (unpaired) electrons. The van der Waals surface area contributed by atoms with E-state index in [1.165, 1.54) is 17.6 Å². The Morgan fingerprint density at radius 1 is 1.40 bits per heavy atom. The molecule has 0 aromatic carbocycles. The minimum absolute atomic E-state index is 0.271. The molecule has 0 amide bonds. The molecule has 7 nitrogen and oxygen atoms in total. The van der Waals surface area contributed by atoms with Crippen LogP contribution in [0.5, 0.6) is 0 Å². The van der Waals surface area contributed by atoms with Crippen LogP contribution in [0.15, 0.2) is 24.3 Å². The van der Waals surface area contributed by atoms with Crippen molar-refractivity contribution in [3.05, 3.63) is 44.5 Å². The minimum atomic E-state index is -2.02. The Morgan fingerprint density at radius 2 is 2.07 bits per heavy atom. The van der Waals surface area contributed by atoms with Gasteiger partial charge < -0.3 is 0 Å². The van der Waals surface area contributed by atoms with Gasteiger partial charge in [-0.15, -0.1) is 0 Å². The minimum Gasteiger partial charge on any atom is -0.264 e. The highest BCUT2D eigenvalue weighted by Crippen LogP contribution is 2.35. The highest BCUT2D eigenvalue weighted by molar-refractivity contribution is 8.05. The summed E-state index contributed by atoms with van der Waals surface area (Å²) in [7, 11) is 0. The van der Waals surface area contributed by atoms with E-state index in [4.69, 9.17) is 5.26 Å². The van der Waals surface area contributed by atoms with Crippen LogP contribution in [0.2, 0.25) is 0 Å². The summed E-state index contributed by atoms with van der Waals surface area (Å²) in [5.41, 5.74) is 0. The lowest BCUT2D eigenvalue weighted by molar-refractivity contribution is -0.610. The largest absolute Gasteiger partial charge is 0.368 e. The van der Waals surface area contributed by atoms with E-state index in [1.54, 1.807) is 0 Å². The van der Waals surface area contributed by atoms with E-state index in [0.29, 0.717) is 0 Å². The van der Waals surface area contributed by atoms with E-state index in [-0.39, 0.29) is 11.8 Å². The Labute approximate surface area is 88.4 Å². The maximum absolute atomic E-state index is 10.8. The lowest BCUT2D eigenvalue weighted by atomic mass is 10.0. The Hall–Kier alpha value is -1.88. The van der Waals surface area contributed by atoms with Gasteiger partial charge in [0.05, 0.1) is 4.92 Å². The highest BCUT2D eigenvalue weighted by Gasteiger charge is 2.57. The molecule has 1 aliphatic rings. The second kappa shape index (κ2) is 4.10. The third-order valence-electron chi connectivity index (χ3n) is 1.88. The molecule has 0 saturated heterocycles. The lowest BCUT2D eigenvalue weighted by Gasteiger charge is -2.20. The van der Waals surface area contributed by atoms with Crippen LogP contribution in [0.1, 0.15) is 0 Å². The zero-order valence-electron chi connectivity index (χ0n) is 7.27. The highest BCUT2D eigenvalue weighted by atomic mass is 32.2. The Kier molecular flexibility index (Phi) is 3.06. The summed E-state index contributed by atoms with van der Waals surface area (Å²) in [6, 6.07) is -1.53. The Balaban J connectivity index is 3.20. The van der Waals surface area contributed by atoms with E-state index in [2.05, 4.69) is 0 Å². The average Bonchev–Trinajstić information content (AvgIpc) is 2.18. The van der Waals surface area contributed by atoms with Crippen molar-refractivity contribution < 1.29 is 9.85 Å². The molecule has 2 atom stereocenters. The number of allylic oxidation sites excluding steroid dienone is 2. The number of thiocyanates is 1. The van der Waals surface area contributed by atoms with Crippen molar-refractivity contribution in [3.8, 4) is 5.40 Å². The number of hydrogen-bond acceptors (Lipinski definition) is 6. The van der Waals surface area contributed by atoms with Crippen LogP contribution < -0.4 is 0 Å². The van der Waals surface area contributed by atoms with Gasteiger partial charge in [0.25, 0.3) is 0 Å². The second-order valence-corrected chi connectivity index (χ2v) is 3.72. The summed E-state index contributed by atoms with van der Waals surface area (Å²) in [4.78, 5) is 17.9. The van der Waals surface area contributed by atoms with Gasteiger partial charge in [-0.3, -0.25) is 20.2 Å². The topological polar surface area (TPSA) is 110 Å². The molecule has 0 aliphatic heterocycles. The monoisotopic (exact) mass is 227 g/mol.